The first-order valence-electron chi connectivity index (χ1n) is 6.50. The first-order valence-corrected chi connectivity index (χ1v) is 7.32. The van der Waals surface area contributed by atoms with Gasteiger partial charge in [-0.2, -0.15) is 0 Å². The molecule has 2 rings (SSSR count). The number of rotatable bonds is 6. The third-order valence-electron chi connectivity index (χ3n) is 2.96. The summed E-state index contributed by atoms with van der Waals surface area (Å²) in [6.45, 7) is 3.52. The zero-order valence-corrected chi connectivity index (χ0v) is 12.4. The van der Waals surface area contributed by atoms with Crippen molar-refractivity contribution in [3.05, 3.63) is 4.88 Å². The summed E-state index contributed by atoms with van der Waals surface area (Å²) in [5.74, 6) is -0.664. The van der Waals surface area contributed by atoms with Crippen LogP contribution in [0.5, 0.6) is 0 Å². The van der Waals surface area contributed by atoms with E-state index in [4.69, 9.17) is 11.5 Å². The Kier molecular flexibility index (Phi) is 4.12. The average molecular weight is 297 g/mol. The third-order valence-corrected chi connectivity index (χ3v) is 3.95. The van der Waals surface area contributed by atoms with Gasteiger partial charge in [0.1, 0.15) is 10.7 Å². The molecule has 0 spiro atoms. The predicted octanol–water partition coefficient (Wildman–Crippen LogP) is 0.635. The van der Waals surface area contributed by atoms with Crippen LogP contribution < -0.4 is 16.8 Å². The second kappa shape index (κ2) is 5.66. The molecule has 1 aliphatic carbocycles. The van der Waals surface area contributed by atoms with Crippen LogP contribution in [0.3, 0.4) is 0 Å². The van der Waals surface area contributed by atoms with Gasteiger partial charge in [0.25, 0.3) is 5.91 Å². The zero-order chi connectivity index (χ0) is 14.9. The van der Waals surface area contributed by atoms with E-state index in [9.17, 15) is 9.59 Å². The van der Waals surface area contributed by atoms with Crippen LogP contribution in [0.25, 0.3) is 0 Å². The Morgan fingerprint density at radius 2 is 2.15 bits per heavy atom. The molecule has 0 atom stereocenters. The average Bonchev–Trinajstić information content (AvgIpc) is 3.07. The van der Waals surface area contributed by atoms with Crippen LogP contribution in [-0.4, -0.2) is 40.3 Å². The van der Waals surface area contributed by atoms with Gasteiger partial charge in [-0.3, -0.25) is 9.59 Å². The van der Waals surface area contributed by atoms with Crippen molar-refractivity contribution in [2.45, 2.75) is 38.8 Å². The number of nitrogens with one attached hydrogen (secondary N) is 1. The molecule has 0 bridgehead atoms. The maximum Gasteiger partial charge on any atom is 0.268 e. The fourth-order valence-corrected chi connectivity index (χ4v) is 2.65. The number of nitrogens with zero attached hydrogens (tertiary/aromatic N) is 2. The van der Waals surface area contributed by atoms with Crippen LogP contribution in [0, 0.1) is 0 Å². The van der Waals surface area contributed by atoms with Gasteiger partial charge in [-0.25, -0.2) is 4.98 Å². The van der Waals surface area contributed by atoms with Crippen molar-refractivity contribution >= 4 is 34.1 Å². The van der Waals surface area contributed by atoms with Crippen LogP contribution in [-0.2, 0) is 4.79 Å². The standard InChI is InChI=1S/C12H19N5O2S/c1-6(2)17(5-8(13)18)11(19)9-10(14)16-12(20-9)15-7-3-4-7/h6-7H,3-5,14H2,1-2H3,(H2,13,18)(H,15,16). The summed E-state index contributed by atoms with van der Waals surface area (Å²) >= 11 is 1.22. The summed E-state index contributed by atoms with van der Waals surface area (Å²) in [6, 6.07) is 0.298. The molecular formula is C12H19N5O2S. The molecule has 0 unspecified atom stereocenters. The van der Waals surface area contributed by atoms with Gasteiger partial charge in [-0.05, 0) is 26.7 Å². The van der Waals surface area contributed by atoms with Gasteiger partial charge in [0, 0.05) is 12.1 Å². The molecule has 0 aliphatic heterocycles. The second-order valence-corrected chi connectivity index (χ2v) is 6.14. The molecule has 1 saturated carbocycles. The Morgan fingerprint density at radius 1 is 1.50 bits per heavy atom. The summed E-state index contributed by atoms with van der Waals surface area (Å²) < 4.78 is 0. The van der Waals surface area contributed by atoms with Gasteiger partial charge in [0.05, 0.1) is 6.54 Å². The van der Waals surface area contributed by atoms with E-state index < -0.39 is 5.91 Å². The number of carbonyl (C=O) groups is 2. The number of hydrogen-bond acceptors (Lipinski definition) is 6. The third kappa shape index (κ3) is 3.38. The second-order valence-electron chi connectivity index (χ2n) is 5.15. The maximum absolute atomic E-state index is 12.4. The van der Waals surface area contributed by atoms with Gasteiger partial charge in [-0.15, -0.1) is 0 Å². The van der Waals surface area contributed by atoms with Gasteiger partial charge >= 0.3 is 0 Å². The Balaban J connectivity index is 2.16. The van der Waals surface area contributed by atoms with Gasteiger partial charge in [0.2, 0.25) is 5.91 Å². The highest BCUT2D eigenvalue weighted by atomic mass is 32.1. The molecule has 0 saturated heterocycles. The zero-order valence-electron chi connectivity index (χ0n) is 11.5. The molecule has 0 aromatic carbocycles. The van der Waals surface area contributed by atoms with Gasteiger partial charge in [0.15, 0.2) is 5.13 Å². The number of thiazole rings is 1. The minimum Gasteiger partial charge on any atom is -0.382 e. The van der Waals surface area contributed by atoms with Crippen molar-refractivity contribution < 1.29 is 9.59 Å². The van der Waals surface area contributed by atoms with Crippen LogP contribution in [0.15, 0.2) is 0 Å². The fourth-order valence-electron chi connectivity index (χ4n) is 1.74. The van der Waals surface area contributed by atoms with Crippen molar-refractivity contribution in [1.29, 1.82) is 0 Å². The Bertz CT molecular complexity index is 524. The summed E-state index contributed by atoms with van der Waals surface area (Å²) in [4.78, 5) is 29.4. The number of nitrogen functional groups attached to an aromatic ring is 1. The number of primary amides is 1. The lowest BCUT2D eigenvalue weighted by Crippen LogP contribution is -2.42. The Morgan fingerprint density at radius 3 is 2.65 bits per heavy atom. The molecule has 7 nitrogen and oxygen atoms in total. The summed E-state index contributed by atoms with van der Waals surface area (Å²) in [7, 11) is 0. The van der Waals surface area contributed by atoms with E-state index in [1.54, 1.807) is 0 Å². The molecule has 0 radical (unpaired) electrons. The van der Waals surface area contributed by atoms with Crippen LogP contribution in [0.2, 0.25) is 0 Å². The smallest absolute Gasteiger partial charge is 0.268 e. The van der Waals surface area contributed by atoms with Gasteiger partial charge in [-0.1, -0.05) is 11.3 Å². The molecule has 110 valence electrons. The lowest BCUT2D eigenvalue weighted by Gasteiger charge is -2.24. The van der Waals surface area contributed by atoms with Crippen molar-refractivity contribution in [2.75, 3.05) is 17.6 Å². The highest BCUT2D eigenvalue weighted by Crippen LogP contribution is 2.31. The molecule has 8 heteroatoms. The Labute approximate surface area is 121 Å². The maximum atomic E-state index is 12.4. The first-order chi connectivity index (χ1) is 9.38. The SMILES string of the molecule is CC(C)N(CC(N)=O)C(=O)c1sc(NC2CC2)nc1N. The molecule has 1 fully saturated rings. The lowest BCUT2D eigenvalue weighted by molar-refractivity contribution is -0.119. The molecule has 1 aliphatic rings. The van der Waals surface area contributed by atoms with E-state index in [-0.39, 0.29) is 24.3 Å². The minimum absolute atomic E-state index is 0.126. The number of carbonyl (C=O) groups excluding carboxylic acids is 2. The summed E-state index contributed by atoms with van der Waals surface area (Å²) in [5, 5.41) is 3.86. The topological polar surface area (TPSA) is 114 Å². The highest BCUT2D eigenvalue weighted by molar-refractivity contribution is 7.18. The van der Waals surface area contributed by atoms with Crippen molar-refractivity contribution in [1.82, 2.24) is 9.88 Å². The number of amides is 2. The van der Waals surface area contributed by atoms with Crippen molar-refractivity contribution in [2.24, 2.45) is 5.73 Å². The van der Waals surface area contributed by atoms with Crippen LogP contribution in [0.1, 0.15) is 36.4 Å². The minimum atomic E-state index is -0.550. The van der Waals surface area contributed by atoms with Gasteiger partial charge < -0.3 is 21.7 Å². The molecule has 1 aromatic rings. The molecule has 2 amide bonds. The molecule has 20 heavy (non-hydrogen) atoms. The summed E-state index contributed by atoms with van der Waals surface area (Å²) in [6.07, 6.45) is 2.23. The number of hydrogen-bond donors (Lipinski definition) is 3. The lowest BCUT2D eigenvalue weighted by atomic mass is 10.3. The van der Waals surface area contributed by atoms with E-state index in [0.717, 1.165) is 12.8 Å². The summed E-state index contributed by atoms with van der Waals surface area (Å²) in [5.41, 5.74) is 11.0. The molecule has 5 N–H and O–H groups in total. The number of aromatic nitrogens is 1. The van der Waals surface area contributed by atoms with E-state index in [1.807, 2.05) is 13.8 Å². The quantitative estimate of drug-likeness (QED) is 0.712. The first kappa shape index (κ1) is 14.6. The Hall–Kier alpha value is -1.83. The molecular weight excluding hydrogens is 278 g/mol. The highest BCUT2D eigenvalue weighted by Gasteiger charge is 2.27. The largest absolute Gasteiger partial charge is 0.382 e. The van der Waals surface area contributed by atoms with E-state index in [1.165, 1.54) is 16.2 Å². The molecule has 1 heterocycles. The van der Waals surface area contributed by atoms with Crippen LogP contribution >= 0.6 is 11.3 Å². The van der Waals surface area contributed by atoms with E-state index in [2.05, 4.69) is 10.3 Å². The fraction of sp³-hybridized carbons (Fsp3) is 0.583. The van der Waals surface area contributed by atoms with Crippen molar-refractivity contribution in [3.8, 4) is 0 Å². The predicted molar refractivity (Wildman–Crippen MR) is 78.5 cm³/mol. The van der Waals surface area contributed by atoms with Crippen molar-refractivity contribution in [3.63, 3.8) is 0 Å². The van der Waals surface area contributed by atoms with Crippen LogP contribution in [0.4, 0.5) is 10.9 Å². The van der Waals surface area contributed by atoms with E-state index >= 15 is 0 Å². The number of nitrogens with two attached hydrogens (primary N) is 2. The normalized spacial score (nSPS) is 14.3. The van der Waals surface area contributed by atoms with E-state index in [0.29, 0.717) is 16.1 Å². The number of anilines is 2. The molecule has 1 aromatic heterocycles. The monoisotopic (exact) mass is 297 g/mol.